The number of hydrogen-bond acceptors (Lipinski definition) is 4. The minimum absolute atomic E-state index is 0.0780. The Kier molecular flexibility index (Phi) is 7.13. The lowest BCUT2D eigenvalue weighted by molar-refractivity contribution is -0.145. The van der Waals surface area contributed by atoms with Crippen molar-refractivity contribution in [3.8, 4) is 0 Å². The number of hydrogen-bond donors (Lipinski definition) is 0. The van der Waals surface area contributed by atoms with Crippen LogP contribution >= 0.6 is 0 Å². The number of methoxy groups -OCH3 is 1. The van der Waals surface area contributed by atoms with Gasteiger partial charge in [-0.05, 0) is 33.1 Å². The molecule has 1 aliphatic rings. The van der Waals surface area contributed by atoms with Crippen molar-refractivity contribution in [1.82, 2.24) is 4.31 Å². The molecule has 2 unspecified atom stereocenters. The number of carbonyl (C=O) groups is 1. The monoisotopic (exact) mass is 319 g/mol. The van der Waals surface area contributed by atoms with Crippen LogP contribution in [-0.4, -0.2) is 43.6 Å². The molecule has 5 nitrogen and oxygen atoms in total. The van der Waals surface area contributed by atoms with Crippen LogP contribution in [0.3, 0.4) is 0 Å². The van der Waals surface area contributed by atoms with Crippen molar-refractivity contribution in [2.75, 3.05) is 13.7 Å². The Labute approximate surface area is 129 Å². The van der Waals surface area contributed by atoms with E-state index in [4.69, 9.17) is 4.74 Å². The normalized spacial score (nSPS) is 23.0. The molecule has 0 aromatic heterocycles. The molecule has 0 aromatic carbocycles. The number of rotatable bonds is 8. The first-order chi connectivity index (χ1) is 9.86. The van der Waals surface area contributed by atoms with Gasteiger partial charge in [0, 0.05) is 12.6 Å². The van der Waals surface area contributed by atoms with Gasteiger partial charge in [-0.15, -0.1) is 0 Å². The number of nitrogens with zero attached hydrogens (tertiary/aromatic N) is 1. The van der Waals surface area contributed by atoms with Gasteiger partial charge in [0.25, 0.3) is 0 Å². The van der Waals surface area contributed by atoms with E-state index >= 15 is 0 Å². The van der Waals surface area contributed by atoms with Crippen LogP contribution in [0.5, 0.6) is 0 Å². The van der Waals surface area contributed by atoms with Crippen molar-refractivity contribution in [3.05, 3.63) is 0 Å². The van der Waals surface area contributed by atoms with E-state index < -0.39 is 27.2 Å². The first kappa shape index (κ1) is 18.4. The second-order valence-electron chi connectivity index (χ2n) is 6.06. The predicted octanol–water partition coefficient (Wildman–Crippen LogP) is 2.56. The van der Waals surface area contributed by atoms with E-state index in [0.717, 1.165) is 25.7 Å². The third-order valence-corrected chi connectivity index (χ3v) is 6.81. The van der Waals surface area contributed by atoms with E-state index in [2.05, 4.69) is 6.92 Å². The summed E-state index contributed by atoms with van der Waals surface area (Å²) in [7, 11) is -2.13. The Morgan fingerprint density at radius 3 is 2.48 bits per heavy atom. The lowest BCUT2D eigenvalue weighted by atomic mass is 10.1. The number of ether oxygens (including phenoxy) is 1. The van der Waals surface area contributed by atoms with Crippen molar-refractivity contribution < 1.29 is 17.9 Å². The van der Waals surface area contributed by atoms with E-state index in [0.29, 0.717) is 19.4 Å². The van der Waals surface area contributed by atoms with Gasteiger partial charge in [0.15, 0.2) is 0 Å². The fraction of sp³-hybridized carbons (Fsp3) is 0.933. The lowest BCUT2D eigenvalue weighted by Gasteiger charge is -2.30. The third kappa shape index (κ3) is 4.42. The van der Waals surface area contributed by atoms with Crippen molar-refractivity contribution in [3.63, 3.8) is 0 Å². The summed E-state index contributed by atoms with van der Waals surface area (Å²) >= 11 is 0. The fourth-order valence-electron chi connectivity index (χ4n) is 3.07. The van der Waals surface area contributed by atoms with Crippen molar-refractivity contribution >= 4 is 16.0 Å². The molecule has 0 saturated heterocycles. The maximum absolute atomic E-state index is 12.9. The highest BCUT2D eigenvalue weighted by atomic mass is 32.2. The molecule has 0 radical (unpaired) electrons. The van der Waals surface area contributed by atoms with E-state index in [-0.39, 0.29) is 6.04 Å². The molecule has 0 aromatic rings. The van der Waals surface area contributed by atoms with Crippen molar-refractivity contribution in [2.45, 2.75) is 70.6 Å². The molecule has 0 heterocycles. The number of esters is 1. The maximum atomic E-state index is 12.9. The summed E-state index contributed by atoms with van der Waals surface area (Å²) < 4.78 is 32.2. The van der Waals surface area contributed by atoms with Gasteiger partial charge in [-0.25, -0.2) is 8.42 Å². The topological polar surface area (TPSA) is 63.7 Å². The standard InChI is InChI=1S/C15H29NO4S/c1-5-6-7-11-16(12(2)3)21(18,19)14-10-8-9-13(14)15(17)20-4/h12-14H,5-11H2,1-4H3. The lowest BCUT2D eigenvalue weighted by Crippen LogP contribution is -2.46. The zero-order valence-electron chi connectivity index (χ0n) is 13.7. The summed E-state index contributed by atoms with van der Waals surface area (Å²) in [6.45, 7) is 6.42. The van der Waals surface area contributed by atoms with Crippen LogP contribution in [0.1, 0.15) is 59.3 Å². The largest absolute Gasteiger partial charge is 0.469 e. The van der Waals surface area contributed by atoms with Gasteiger partial charge in [0.05, 0.1) is 18.3 Å². The Bertz CT molecular complexity index is 433. The Hall–Kier alpha value is -0.620. The molecular formula is C15H29NO4S. The van der Waals surface area contributed by atoms with E-state index in [9.17, 15) is 13.2 Å². The number of sulfonamides is 1. The molecule has 21 heavy (non-hydrogen) atoms. The molecular weight excluding hydrogens is 290 g/mol. The minimum Gasteiger partial charge on any atom is -0.469 e. The first-order valence-electron chi connectivity index (χ1n) is 7.94. The van der Waals surface area contributed by atoms with E-state index in [1.807, 2.05) is 13.8 Å². The molecule has 0 amide bonds. The summed E-state index contributed by atoms with van der Waals surface area (Å²) in [5, 5.41) is -0.617. The van der Waals surface area contributed by atoms with Crippen LogP contribution in [0, 0.1) is 5.92 Å². The van der Waals surface area contributed by atoms with Crippen LogP contribution in [0.2, 0.25) is 0 Å². The average Bonchev–Trinajstić information content (AvgIpc) is 2.92. The van der Waals surface area contributed by atoms with E-state index in [1.165, 1.54) is 7.11 Å². The molecule has 0 N–H and O–H groups in total. The molecule has 1 rings (SSSR count). The van der Waals surface area contributed by atoms with Crippen LogP contribution in [0.25, 0.3) is 0 Å². The summed E-state index contributed by atoms with van der Waals surface area (Å²) in [6, 6.07) is -0.0780. The molecule has 0 aliphatic heterocycles. The van der Waals surface area contributed by atoms with Crippen molar-refractivity contribution in [2.24, 2.45) is 5.92 Å². The molecule has 0 bridgehead atoms. The van der Waals surface area contributed by atoms with Gasteiger partial charge in [0.1, 0.15) is 0 Å². The first-order valence-corrected chi connectivity index (χ1v) is 9.45. The highest BCUT2D eigenvalue weighted by Crippen LogP contribution is 2.34. The zero-order valence-corrected chi connectivity index (χ0v) is 14.5. The molecule has 1 saturated carbocycles. The third-order valence-electron chi connectivity index (χ3n) is 4.22. The van der Waals surface area contributed by atoms with Crippen LogP contribution in [-0.2, 0) is 19.6 Å². The summed E-state index contributed by atoms with van der Waals surface area (Å²) in [6.07, 6.45) is 4.87. The van der Waals surface area contributed by atoms with Crippen molar-refractivity contribution in [1.29, 1.82) is 0 Å². The molecule has 1 fully saturated rings. The SMILES string of the molecule is CCCCCN(C(C)C)S(=O)(=O)C1CCCC1C(=O)OC. The van der Waals surface area contributed by atoms with Crippen LogP contribution < -0.4 is 0 Å². The van der Waals surface area contributed by atoms with Gasteiger partial charge >= 0.3 is 5.97 Å². The minimum atomic E-state index is -3.45. The van der Waals surface area contributed by atoms with Gasteiger partial charge < -0.3 is 4.74 Å². The summed E-state index contributed by atoms with van der Waals surface area (Å²) in [4.78, 5) is 11.8. The van der Waals surface area contributed by atoms with E-state index in [1.54, 1.807) is 4.31 Å². The average molecular weight is 319 g/mol. The Balaban J connectivity index is 2.91. The van der Waals surface area contributed by atoms with Crippen LogP contribution in [0.15, 0.2) is 0 Å². The highest BCUT2D eigenvalue weighted by Gasteiger charge is 2.45. The fourth-order valence-corrected chi connectivity index (χ4v) is 5.52. The zero-order chi connectivity index (χ0) is 16.0. The summed E-state index contributed by atoms with van der Waals surface area (Å²) in [5.74, 6) is -0.897. The quantitative estimate of drug-likeness (QED) is 0.509. The molecule has 6 heteroatoms. The molecule has 2 atom stereocenters. The Morgan fingerprint density at radius 1 is 1.29 bits per heavy atom. The highest BCUT2D eigenvalue weighted by molar-refractivity contribution is 7.89. The molecule has 124 valence electrons. The summed E-state index contributed by atoms with van der Waals surface area (Å²) in [5.41, 5.74) is 0. The second kappa shape index (κ2) is 8.13. The predicted molar refractivity (Wildman–Crippen MR) is 83.4 cm³/mol. The smallest absolute Gasteiger partial charge is 0.310 e. The molecule has 0 spiro atoms. The second-order valence-corrected chi connectivity index (χ2v) is 8.16. The number of unbranched alkanes of at least 4 members (excludes halogenated alkanes) is 2. The number of carbonyl (C=O) groups excluding carboxylic acids is 1. The Morgan fingerprint density at radius 2 is 1.95 bits per heavy atom. The molecule has 1 aliphatic carbocycles. The van der Waals surface area contributed by atoms with Gasteiger partial charge in [-0.1, -0.05) is 26.2 Å². The van der Waals surface area contributed by atoms with Gasteiger partial charge in [-0.3, -0.25) is 4.79 Å². The van der Waals surface area contributed by atoms with Gasteiger partial charge in [-0.2, -0.15) is 4.31 Å². The maximum Gasteiger partial charge on any atom is 0.310 e. The van der Waals surface area contributed by atoms with Crippen LogP contribution in [0.4, 0.5) is 0 Å². The van der Waals surface area contributed by atoms with Gasteiger partial charge in [0.2, 0.25) is 10.0 Å².